The van der Waals surface area contributed by atoms with Crippen LogP contribution in [0.5, 0.6) is 0 Å². The van der Waals surface area contributed by atoms with Crippen molar-refractivity contribution in [3.63, 3.8) is 0 Å². The zero-order valence-corrected chi connectivity index (χ0v) is 15.0. The van der Waals surface area contributed by atoms with E-state index < -0.39 is 5.54 Å². The van der Waals surface area contributed by atoms with Gasteiger partial charge in [-0.3, -0.25) is 9.59 Å². The van der Waals surface area contributed by atoms with Crippen molar-refractivity contribution in [2.75, 3.05) is 6.54 Å². The minimum Gasteiger partial charge on any atom is -0.356 e. The zero-order valence-electron chi connectivity index (χ0n) is 15.0. The molecule has 0 unspecified atom stereocenters. The summed E-state index contributed by atoms with van der Waals surface area (Å²) < 4.78 is 5.36. The van der Waals surface area contributed by atoms with Gasteiger partial charge in [0, 0.05) is 26.3 Å². The van der Waals surface area contributed by atoms with Crippen LogP contribution in [-0.2, 0) is 21.5 Å². The molecule has 0 atom stereocenters. The predicted molar refractivity (Wildman–Crippen MR) is 91.5 cm³/mol. The molecule has 0 radical (unpaired) electrons. The summed E-state index contributed by atoms with van der Waals surface area (Å²) in [6.07, 6.45) is 9.26. The number of nitrogens with one attached hydrogen (secondary N) is 2. The third-order valence-corrected chi connectivity index (χ3v) is 5.12. The van der Waals surface area contributed by atoms with Gasteiger partial charge < -0.3 is 15.2 Å². The molecule has 1 heterocycles. The maximum absolute atomic E-state index is 11.9. The average Bonchev–Trinajstić information content (AvgIpc) is 3.33. The molecule has 1 aromatic rings. The van der Waals surface area contributed by atoms with E-state index in [1.54, 1.807) is 0 Å². The van der Waals surface area contributed by atoms with Gasteiger partial charge in [-0.05, 0) is 31.6 Å². The van der Waals surface area contributed by atoms with Gasteiger partial charge in [0.15, 0.2) is 5.82 Å². The minimum atomic E-state index is -0.529. The van der Waals surface area contributed by atoms with Gasteiger partial charge in [-0.15, -0.1) is 0 Å². The Bertz CT molecular complexity index is 601. The van der Waals surface area contributed by atoms with E-state index in [4.69, 9.17) is 4.52 Å². The third kappa shape index (κ3) is 5.03. The van der Waals surface area contributed by atoms with Crippen molar-refractivity contribution in [2.45, 2.75) is 76.7 Å². The fourth-order valence-electron chi connectivity index (χ4n) is 3.51. The molecule has 138 valence electrons. The van der Waals surface area contributed by atoms with Gasteiger partial charge in [-0.2, -0.15) is 4.98 Å². The van der Waals surface area contributed by atoms with Crippen LogP contribution in [-0.4, -0.2) is 28.5 Å². The Hall–Kier alpha value is -1.92. The Balaban J connectivity index is 1.60. The first kappa shape index (κ1) is 17.9. The summed E-state index contributed by atoms with van der Waals surface area (Å²) >= 11 is 0. The van der Waals surface area contributed by atoms with Gasteiger partial charge in [-0.1, -0.05) is 30.8 Å². The van der Waals surface area contributed by atoms with E-state index in [-0.39, 0.29) is 11.8 Å². The van der Waals surface area contributed by atoms with E-state index in [1.807, 2.05) is 0 Å². The predicted octanol–water partition coefficient (Wildman–Crippen LogP) is 2.21. The maximum atomic E-state index is 11.9. The van der Waals surface area contributed by atoms with Gasteiger partial charge in [-0.25, -0.2) is 0 Å². The number of rotatable bonds is 7. The smallest absolute Gasteiger partial charge is 0.227 e. The molecule has 3 rings (SSSR count). The van der Waals surface area contributed by atoms with Crippen LogP contribution in [0.2, 0.25) is 0 Å². The molecule has 7 nitrogen and oxygen atoms in total. The van der Waals surface area contributed by atoms with Gasteiger partial charge in [0.05, 0.1) is 0 Å². The first-order valence-electron chi connectivity index (χ1n) is 9.46. The van der Waals surface area contributed by atoms with Gasteiger partial charge in [0.25, 0.3) is 0 Å². The van der Waals surface area contributed by atoms with E-state index in [9.17, 15) is 9.59 Å². The van der Waals surface area contributed by atoms with Crippen LogP contribution in [0.4, 0.5) is 0 Å². The van der Waals surface area contributed by atoms with Crippen LogP contribution in [0.1, 0.15) is 76.4 Å². The highest BCUT2D eigenvalue weighted by Crippen LogP contribution is 2.34. The topological polar surface area (TPSA) is 97.1 Å². The molecule has 2 N–H and O–H groups in total. The SMILES string of the molecule is CC(=O)NC1(c2noc(CCC(=O)NCC3CC3)n2)CCCCCC1. The van der Waals surface area contributed by atoms with Crippen molar-refractivity contribution < 1.29 is 14.1 Å². The molecule has 2 fully saturated rings. The second-order valence-corrected chi connectivity index (χ2v) is 7.44. The Kier molecular flexibility index (Phi) is 5.71. The van der Waals surface area contributed by atoms with E-state index >= 15 is 0 Å². The molecule has 25 heavy (non-hydrogen) atoms. The highest BCUT2D eigenvalue weighted by atomic mass is 16.5. The summed E-state index contributed by atoms with van der Waals surface area (Å²) in [6, 6.07) is 0. The molecule has 0 saturated heterocycles. The van der Waals surface area contributed by atoms with Crippen molar-refractivity contribution >= 4 is 11.8 Å². The van der Waals surface area contributed by atoms with Crippen LogP contribution >= 0.6 is 0 Å². The molecule has 2 saturated carbocycles. The summed E-state index contributed by atoms with van der Waals surface area (Å²) in [7, 11) is 0. The molecule has 0 aliphatic heterocycles. The fourth-order valence-corrected chi connectivity index (χ4v) is 3.51. The molecule has 2 aliphatic carbocycles. The van der Waals surface area contributed by atoms with Crippen LogP contribution in [0.3, 0.4) is 0 Å². The molecular formula is C18H28N4O3. The zero-order chi connectivity index (χ0) is 17.7. The lowest BCUT2D eigenvalue weighted by Gasteiger charge is -2.30. The number of aryl methyl sites for hydroxylation is 1. The minimum absolute atomic E-state index is 0.0256. The third-order valence-electron chi connectivity index (χ3n) is 5.12. The van der Waals surface area contributed by atoms with Crippen molar-refractivity contribution in [3.05, 3.63) is 11.7 Å². The standard InChI is InChI=1S/C18H28N4O3/c1-13(23)21-18(10-4-2-3-5-11-18)17-20-16(25-22-17)9-8-15(24)19-12-14-6-7-14/h14H,2-12H2,1H3,(H,19,24)(H,21,23). The lowest BCUT2D eigenvalue weighted by atomic mass is 9.89. The van der Waals surface area contributed by atoms with Crippen LogP contribution in [0.15, 0.2) is 4.52 Å². The number of aromatic nitrogens is 2. The Labute approximate surface area is 148 Å². The van der Waals surface area contributed by atoms with Gasteiger partial charge >= 0.3 is 0 Å². The second kappa shape index (κ2) is 7.97. The monoisotopic (exact) mass is 348 g/mol. The number of nitrogens with zero attached hydrogens (tertiary/aromatic N) is 2. The van der Waals surface area contributed by atoms with Crippen molar-refractivity contribution in [2.24, 2.45) is 5.92 Å². The summed E-state index contributed by atoms with van der Waals surface area (Å²) in [6.45, 7) is 2.30. The Morgan fingerprint density at radius 1 is 1.20 bits per heavy atom. The van der Waals surface area contributed by atoms with Crippen molar-refractivity contribution in [1.82, 2.24) is 20.8 Å². The second-order valence-electron chi connectivity index (χ2n) is 7.44. The quantitative estimate of drug-likeness (QED) is 0.736. The first-order chi connectivity index (χ1) is 12.1. The van der Waals surface area contributed by atoms with Crippen molar-refractivity contribution in [3.8, 4) is 0 Å². The molecule has 0 spiro atoms. The van der Waals surface area contributed by atoms with Gasteiger partial charge in [0.2, 0.25) is 17.7 Å². The maximum Gasteiger partial charge on any atom is 0.227 e. The number of carbonyl (C=O) groups is 2. The Morgan fingerprint density at radius 3 is 2.56 bits per heavy atom. The molecule has 7 heteroatoms. The number of carbonyl (C=O) groups excluding carboxylic acids is 2. The number of amides is 2. The Morgan fingerprint density at radius 2 is 1.92 bits per heavy atom. The molecule has 0 aromatic carbocycles. The summed E-state index contributed by atoms with van der Waals surface area (Å²) in [5, 5.41) is 10.1. The first-order valence-corrected chi connectivity index (χ1v) is 9.46. The van der Waals surface area contributed by atoms with E-state index in [2.05, 4.69) is 20.8 Å². The highest BCUT2D eigenvalue weighted by Gasteiger charge is 2.38. The summed E-state index contributed by atoms with van der Waals surface area (Å²) in [5.41, 5.74) is -0.529. The highest BCUT2D eigenvalue weighted by molar-refractivity contribution is 5.76. The molecule has 1 aromatic heterocycles. The van der Waals surface area contributed by atoms with E-state index in [1.165, 1.54) is 19.8 Å². The van der Waals surface area contributed by atoms with E-state index in [0.29, 0.717) is 30.5 Å². The van der Waals surface area contributed by atoms with Crippen LogP contribution in [0.25, 0.3) is 0 Å². The van der Waals surface area contributed by atoms with Crippen molar-refractivity contribution in [1.29, 1.82) is 0 Å². The lowest BCUT2D eigenvalue weighted by Crippen LogP contribution is -2.45. The average molecular weight is 348 g/mol. The molecule has 0 bridgehead atoms. The largest absolute Gasteiger partial charge is 0.356 e. The summed E-state index contributed by atoms with van der Waals surface area (Å²) in [5.74, 6) is 1.64. The van der Waals surface area contributed by atoms with E-state index in [0.717, 1.165) is 45.1 Å². The van der Waals surface area contributed by atoms with Crippen LogP contribution < -0.4 is 10.6 Å². The van der Waals surface area contributed by atoms with Crippen LogP contribution in [0, 0.1) is 5.92 Å². The molecule has 2 amide bonds. The normalized spacial score (nSPS) is 19.9. The van der Waals surface area contributed by atoms with Gasteiger partial charge in [0.1, 0.15) is 5.54 Å². The molecular weight excluding hydrogens is 320 g/mol. The fraction of sp³-hybridized carbons (Fsp3) is 0.778. The summed E-state index contributed by atoms with van der Waals surface area (Å²) in [4.78, 5) is 28.1. The number of hydrogen-bond donors (Lipinski definition) is 2. The lowest BCUT2D eigenvalue weighted by molar-refractivity contribution is -0.122. The number of hydrogen-bond acceptors (Lipinski definition) is 5. The molecule has 2 aliphatic rings.